The Kier molecular flexibility index (Phi) is 11.1. The van der Waals surface area contributed by atoms with E-state index in [9.17, 15) is 14.7 Å². The van der Waals surface area contributed by atoms with E-state index in [1.54, 1.807) is 0 Å². The first-order valence-corrected chi connectivity index (χ1v) is 18.8. The Morgan fingerprint density at radius 3 is 2.68 bits per heavy atom. The number of epoxide rings is 1. The summed E-state index contributed by atoms with van der Waals surface area (Å²) in [5, 5.41) is 22.4. The molecule has 0 radical (unpaired) electrons. The highest BCUT2D eigenvalue weighted by atomic mass is 16.7. The number of unbranched alkanes of at least 4 members (excludes halogenated alkanes) is 2. The van der Waals surface area contributed by atoms with Gasteiger partial charge in [0.1, 0.15) is 11.9 Å². The lowest BCUT2D eigenvalue weighted by molar-refractivity contribution is -0.257. The van der Waals surface area contributed by atoms with Crippen LogP contribution < -0.4 is 21.7 Å². The van der Waals surface area contributed by atoms with Gasteiger partial charge in [0.2, 0.25) is 0 Å². The van der Waals surface area contributed by atoms with Crippen molar-refractivity contribution in [3.63, 3.8) is 0 Å². The molecule has 1 aliphatic carbocycles. The van der Waals surface area contributed by atoms with E-state index < -0.39 is 29.3 Å². The van der Waals surface area contributed by atoms with Crippen LogP contribution >= 0.6 is 0 Å². The number of hydrogen-bond donors (Lipinski definition) is 5. The van der Waals surface area contributed by atoms with Crippen molar-refractivity contribution in [3.8, 4) is 0 Å². The number of ether oxygens (including phenoxy) is 4. The number of nitrogens with one attached hydrogen (secondary N) is 3. The number of nitrogens with two attached hydrogens (primary N) is 1. The minimum absolute atomic E-state index is 0.0114. The number of aliphatic hydroxyl groups excluding tert-OH is 1. The Morgan fingerprint density at radius 1 is 1.09 bits per heavy atom. The quantitative estimate of drug-likeness (QED) is 0.126. The standard InChI is InChI=1S/C36H62N4O7/c1-6-7-8-12-38-31-17-22(11-13-39-31)24-15-21(16-30(37)40-24)9-10-28-36(5,47-28)34(43)45-29-18-23-26(46-35(29,3)4)19-27-32(33(23)42)25(41)14-20(2)44-27/h20-24,26-33,38-40,42H,6-19,37H2,1-5H3/t20?,21?,22?,23?,24?,26?,27?,28-,29-,30?,31?,32?,33?,36-/m0/s1. The molecule has 14 atom stereocenters. The zero-order valence-corrected chi connectivity index (χ0v) is 29.4. The number of ketones is 1. The van der Waals surface area contributed by atoms with Crippen LogP contribution in [0.25, 0.3) is 0 Å². The molecule has 11 unspecified atom stereocenters. The lowest BCUT2D eigenvalue weighted by Gasteiger charge is -2.53. The lowest BCUT2D eigenvalue weighted by atomic mass is 9.67. The number of carbonyl (C=O) groups is 2. The third-order valence-corrected chi connectivity index (χ3v) is 12.4. The summed E-state index contributed by atoms with van der Waals surface area (Å²) in [6, 6.07) is 0.406. The molecule has 6 rings (SSSR count). The predicted molar refractivity (Wildman–Crippen MR) is 177 cm³/mol. The van der Waals surface area contributed by atoms with Gasteiger partial charge >= 0.3 is 5.97 Å². The predicted octanol–water partition coefficient (Wildman–Crippen LogP) is 2.91. The Hall–Kier alpha value is -1.18. The summed E-state index contributed by atoms with van der Waals surface area (Å²) in [4.78, 5) is 26.4. The number of piperidine rings is 2. The molecule has 47 heavy (non-hydrogen) atoms. The Bertz CT molecular complexity index is 1110. The van der Waals surface area contributed by atoms with Crippen LogP contribution in [0.4, 0.5) is 0 Å². The second-order valence-electron chi connectivity index (χ2n) is 16.4. The first-order valence-electron chi connectivity index (χ1n) is 18.8. The fraction of sp³-hybridized carbons (Fsp3) is 0.944. The number of carbonyl (C=O) groups excluding carboxylic acids is 2. The van der Waals surface area contributed by atoms with E-state index in [4.69, 9.17) is 24.7 Å². The molecule has 0 amide bonds. The van der Waals surface area contributed by atoms with Crippen molar-refractivity contribution in [2.45, 2.75) is 178 Å². The number of rotatable bonds is 11. The molecular weight excluding hydrogens is 600 g/mol. The van der Waals surface area contributed by atoms with Crippen LogP contribution in [0.2, 0.25) is 0 Å². The topological polar surface area (TPSA) is 157 Å². The van der Waals surface area contributed by atoms with Crippen molar-refractivity contribution in [3.05, 3.63) is 0 Å². The van der Waals surface area contributed by atoms with E-state index >= 15 is 0 Å². The first-order chi connectivity index (χ1) is 22.4. The maximum Gasteiger partial charge on any atom is 0.341 e. The van der Waals surface area contributed by atoms with Gasteiger partial charge in [0.15, 0.2) is 5.60 Å². The van der Waals surface area contributed by atoms with Gasteiger partial charge in [-0.3, -0.25) is 10.1 Å². The first kappa shape index (κ1) is 35.6. The van der Waals surface area contributed by atoms with Crippen LogP contribution in [0.15, 0.2) is 0 Å². The SMILES string of the molecule is CCCCCNC1CC(C2CC(CC[C@@H]3O[C@]3(C)C(=O)O[C@H]3CC4C(CC5OC(C)CC(=O)C5C4O)OC3(C)C)CC(N)N2)CCN1. The molecule has 5 saturated heterocycles. The van der Waals surface area contributed by atoms with Crippen molar-refractivity contribution >= 4 is 11.8 Å². The van der Waals surface area contributed by atoms with Gasteiger partial charge in [-0.15, -0.1) is 0 Å². The summed E-state index contributed by atoms with van der Waals surface area (Å²) < 4.78 is 24.7. The average molecular weight is 663 g/mol. The van der Waals surface area contributed by atoms with Crippen molar-refractivity contribution in [2.75, 3.05) is 13.1 Å². The Labute approximate surface area is 281 Å². The van der Waals surface area contributed by atoms with Crippen molar-refractivity contribution in [1.29, 1.82) is 0 Å². The van der Waals surface area contributed by atoms with Gasteiger partial charge in [-0.2, -0.15) is 0 Å². The number of fused-ring (bicyclic) bond motifs is 2. The zero-order chi connectivity index (χ0) is 33.5. The second kappa shape index (κ2) is 14.6. The molecule has 11 nitrogen and oxygen atoms in total. The summed E-state index contributed by atoms with van der Waals surface area (Å²) >= 11 is 0. The molecule has 5 aliphatic heterocycles. The van der Waals surface area contributed by atoms with Gasteiger partial charge in [-0.1, -0.05) is 19.8 Å². The molecule has 5 heterocycles. The van der Waals surface area contributed by atoms with E-state index in [1.807, 2.05) is 27.7 Å². The highest BCUT2D eigenvalue weighted by Crippen LogP contribution is 2.48. The minimum Gasteiger partial charge on any atom is -0.457 e. The minimum atomic E-state index is -0.980. The highest BCUT2D eigenvalue weighted by molar-refractivity contribution is 5.84. The van der Waals surface area contributed by atoms with E-state index in [1.165, 1.54) is 19.3 Å². The number of esters is 1. The number of aliphatic hydroxyl groups is 1. The molecule has 0 bridgehead atoms. The van der Waals surface area contributed by atoms with E-state index in [-0.39, 0.29) is 48.3 Å². The van der Waals surface area contributed by atoms with Crippen LogP contribution in [-0.2, 0) is 28.5 Å². The Balaban J connectivity index is 0.985. The van der Waals surface area contributed by atoms with Gasteiger partial charge in [0, 0.05) is 24.8 Å². The third kappa shape index (κ3) is 7.93. The molecule has 6 aliphatic rings. The molecule has 0 aromatic rings. The van der Waals surface area contributed by atoms with Crippen LogP contribution in [-0.4, -0.2) is 96.1 Å². The highest BCUT2D eigenvalue weighted by Gasteiger charge is 2.62. The lowest BCUT2D eigenvalue weighted by Crippen LogP contribution is -2.63. The second-order valence-corrected chi connectivity index (χ2v) is 16.4. The number of Topliss-reactive ketones (excluding diaryl/α,β-unsaturated/α-hetero) is 1. The molecule has 0 spiro atoms. The molecule has 268 valence electrons. The normalized spacial score (nSPS) is 46.3. The zero-order valence-electron chi connectivity index (χ0n) is 29.4. The summed E-state index contributed by atoms with van der Waals surface area (Å²) in [6.07, 6.45) is 9.10. The summed E-state index contributed by atoms with van der Waals surface area (Å²) in [5.74, 6) is -0.0864. The van der Waals surface area contributed by atoms with Crippen molar-refractivity contribution < 1.29 is 33.6 Å². The van der Waals surface area contributed by atoms with E-state index in [2.05, 4.69) is 22.9 Å². The summed E-state index contributed by atoms with van der Waals surface area (Å²) in [5.41, 5.74) is 4.80. The maximum atomic E-state index is 13.6. The summed E-state index contributed by atoms with van der Waals surface area (Å²) in [7, 11) is 0. The molecule has 6 N–H and O–H groups in total. The van der Waals surface area contributed by atoms with E-state index in [0.29, 0.717) is 43.3 Å². The van der Waals surface area contributed by atoms with E-state index in [0.717, 1.165) is 51.6 Å². The number of hydrogen-bond acceptors (Lipinski definition) is 11. The summed E-state index contributed by atoms with van der Waals surface area (Å²) in [6.45, 7) is 11.9. The molecule has 6 fully saturated rings. The Morgan fingerprint density at radius 2 is 1.89 bits per heavy atom. The van der Waals surface area contributed by atoms with Gasteiger partial charge in [0.25, 0.3) is 0 Å². The molecule has 0 aromatic carbocycles. The van der Waals surface area contributed by atoms with Crippen LogP contribution in [0.1, 0.15) is 112 Å². The van der Waals surface area contributed by atoms with Crippen molar-refractivity contribution in [2.24, 2.45) is 29.4 Å². The third-order valence-electron chi connectivity index (χ3n) is 12.4. The van der Waals surface area contributed by atoms with Crippen LogP contribution in [0.3, 0.4) is 0 Å². The smallest absolute Gasteiger partial charge is 0.341 e. The molecule has 0 aromatic heterocycles. The maximum absolute atomic E-state index is 13.6. The largest absolute Gasteiger partial charge is 0.457 e. The fourth-order valence-corrected chi connectivity index (χ4v) is 9.49. The van der Waals surface area contributed by atoms with Gasteiger partial charge in [-0.05, 0) is 104 Å². The fourth-order valence-electron chi connectivity index (χ4n) is 9.49. The van der Waals surface area contributed by atoms with Crippen molar-refractivity contribution in [1.82, 2.24) is 16.0 Å². The molecular formula is C36H62N4O7. The molecule has 11 heteroatoms. The van der Waals surface area contributed by atoms with Gasteiger partial charge in [-0.25, -0.2) is 4.79 Å². The van der Waals surface area contributed by atoms with Crippen LogP contribution in [0.5, 0.6) is 0 Å². The monoisotopic (exact) mass is 662 g/mol. The van der Waals surface area contributed by atoms with Gasteiger partial charge in [0.05, 0.1) is 54.4 Å². The van der Waals surface area contributed by atoms with Gasteiger partial charge < -0.3 is 40.4 Å². The molecule has 1 saturated carbocycles. The van der Waals surface area contributed by atoms with Crippen LogP contribution in [0, 0.1) is 23.7 Å². The average Bonchev–Trinajstić information content (AvgIpc) is 3.69.